The Morgan fingerprint density at radius 2 is 2.11 bits per heavy atom. The molecule has 1 aliphatic rings. The second-order valence-electron chi connectivity index (χ2n) is 7.44. The summed E-state index contributed by atoms with van der Waals surface area (Å²) < 4.78 is 17.1. The summed E-state index contributed by atoms with van der Waals surface area (Å²) >= 11 is 0. The number of aryl methyl sites for hydroxylation is 2. The standard InChI is InChI=1S/C20H22FN5O2/c1-11-4-7-15(16(21)8-11)12(2)23-18(27)10-25-20(28)19-13(3)24-26(14-5-6-14)17(19)9-22-25/h4,7-9,12,14H,5-6,10H2,1-3H3,(H,23,27)/t12-/m0/s1. The lowest BCUT2D eigenvalue weighted by Gasteiger charge is -2.15. The molecule has 1 N–H and O–H groups in total. The fourth-order valence-corrected chi connectivity index (χ4v) is 3.45. The zero-order chi connectivity index (χ0) is 20.0. The summed E-state index contributed by atoms with van der Waals surface area (Å²) in [6, 6.07) is 4.69. The highest BCUT2D eigenvalue weighted by Gasteiger charge is 2.28. The molecule has 1 saturated carbocycles. The van der Waals surface area contributed by atoms with E-state index in [0.717, 1.165) is 23.1 Å². The summed E-state index contributed by atoms with van der Waals surface area (Å²) in [7, 11) is 0. The van der Waals surface area contributed by atoms with Crippen LogP contribution in [0, 0.1) is 19.7 Å². The third kappa shape index (κ3) is 3.30. The van der Waals surface area contributed by atoms with Crippen molar-refractivity contribution in [3.05, 3.63) is 57.4 Å². The average Bonchev–Trinajstić information content (AvgIpc) is 3.41. The molecule has 0 radical (unpaired) electrons. The van der Waals surface area contributed by atoms with Crippen molar-refractivity contribution in [2.75, 3.05) is 0 Å². The molecule has 3 aromatic rings. The van der Waals surface area contributed by atoms with Crippen LogP contribution in [-0.4, -0.2) is 25.5 Å². The van der Waals surface area contributed by atoms with Gasteiger partial charge in [0.05, 0.1) is 34.9 Å². The van der Waals surface area contributed by atoms with Crippen LogP contribution in [-0.2, 0) is 11.3 Å². The van der Waals surface area contributed by atoms with Crippen molar-refractivity contribution in [2.45, 2.75) is 52.2 Å². The van der Waals surface area contributed by atoms with Crippen LogP contribution in [0.5, 0.6) is 0 Å². The number of nitrogens with one attached hydrogen (secondary N) is 1. The number of nitrogens with zero attached hydrogens (tertiary/aromatic N) is 4. The van der Waals surface area contributed by atoms with Gasteiger partial charge in [0, 0.05) is 5.56 Å². The number of carbonyl (C=O) groups excluding carboxylic acids is 1. The number of halogens is 1. The molecular weight excluding hydrogens is 361 g/mol. The van der Waals surface area contributed by atoms with Gasteiger partial charge in [-0.1, -0.05) is 12.1 Å². The van der Waals surface area contributed by atoms with E-state index in [4.69, 9.17) is 0 Å². The first-order valence-electron chi connectivity index (χ1n) is 9.35. The number of amides is 1. The molecule has 0 spiro atoms. The molecule has 1 fully saturated rings. The monoisotopic (exact) mass is 383 g/mol. The molecule has 0 aliphatic heterocycles. The molecule has 1 aromatic carbocycles. The van der Waals surface area contributed by atoms with Crippen LogP contribution in [0.2, 0.25) is 0 Å². The average molecular weight is 383 g/mol. The number of aromatic nitrogens is 4. The second kappa shape index (κ2) is 6.85. The Labute approximate surface area is 161 Å². The smallest absolute Gasteiger partial charge is 0.278 e. The highest BCUT2D eigenvalue weighted by Crippen LogP contribution is 2.36. The molecule has 0 bridgehead atoms. The first-order chi connectivity index (χ1) is 13.3. The van der Waals surface area contributed by atoms with E-state index >= 15 is 0 Å². The van der Waals surface area contributed by atoms with Crippen LogP contribution in [0.4, 0.5) is 4.39 Å². The third-order valence-corrected chi connectivity index (χ3v) is 5.08. The minimum atomic E-state index is -0.521. The summed E-state index contributed by atoms with van der Waals surface area (Å²) in [4.78, 5) is 25.2. The molecule has 2 heterocycles. The summed E-state index contributed by atoms with van der Waals surface area (Å²) in [5, 5.41) is 11.8. The molecular formula is C20H22FN5O2. The van der Waals surface area contributed by atoms with Gasteiger partial charge in [-0.3, -0.25) is 14.3 Å². The maximum Gasteiger partial charge on any atom is 0.278 e. The number of carbonyl (C=O) groups is 1. The molecule has 1 amide bonds. The summed E-state index contributed by atoms with van der Waals surface area (Å²) in [6.45, 7) is 5.06. The van der Waals surface area contributed by atoms with E-state index in [1.807, 2.05) is 4.68 Å². The van der Waals surface area contributed by atoms with Crippen molar-refractivity contribution in [1.29, 1.82) is 0 Å². The Balaban J connectivity index is 1.54. The number of rotatable bonds is 5. The lowest BCUT2D eigenvalue weighted by atomic mass is 10.1. The Kier molecular flexibility index (Phi) is 4.49. The zero-order valence-corrected chi connectivity index (χ0v) is 16.1. The van der Waals surface area contributed by atoms with E-state index < -0.39 is 11.9 Å². The zero-order valence-electron chi connectivity index (χ0n) is 16.1. The van der Waals surface area contributed by atoms with Crippen molar-refractivity contribution in [3.63, 3.8) is 0 Å². The molecule has 8 heteroatoms. The van der Waals surface area contributed by atoms with E-state index in [1.165, 1.54) is 6.07 Å². The number of hydrogen-bond acceptors (Lipinski definition) is 4. The fourth-order valence-electron chi connectivity index (χ4n) is 3.45. The molecule has 0 saturated heterocycles. The lowest BCUT2D eigenvalue weighted by molar-refractivity contribution is -0.122. The quantitative estimate of drug-likeness (QED) is 0.734. The van der Waals surface area contributed by atoms with E-state index in [9.17, 15) is 14.0 Å². The summed E-state index contributed by atoms with van der Waals surface area (Å²) in [5.74, 6) is -0.777. The number of fused-ring (bicyclic) bond motifs is 1. The van der Waals surface area contributed by atoms with E-state index in [-0.39, 0.29) is 17.9 Å². The highest BCUT2D eigenvalue weighted by atomic mass is 19.1. The maximum atomic E-state index is 14.1. The first kappa shape index (κ1) is 18.3. The predicted octanol–water partition coefficient (Wildman–Crippen LogP) is 2.56. The number of hydrogen-bond donors (Lipinski definition) is 1. The molecule has 146 valence electrons. The van der Waals surface area contributed by atoms with Gasteiger partial charge in [-0.2, -0.15) is 10.2 Å². The highest BCUT2D eigenvalue weighted by molar-refractivity contribution is 5.81. The predicted molar refractivity (Wildman–Crippen MR) is 102 cm³/mol. The molecule has 28 heavy (non-hydrogen) atoms. The van der Waals surface area contributed by atoms with Gasteiger partial charge in [0.1, 0.15) is 12.4 Å². The van der Waals surface area contributed by atoms with Gasteiger partial charge in [0.15, 0.2) is 0 Å². The molecule has 1 atom stereocenters. The minimum absolute atomic E-state index is 0.235. The topological polar surface area (TPSA) is 81.8 Å². The Morgan fingerprint density at radius 1 is 1.36 bits per heavy atom. The van der Waals surface area contributed by atoms with Crippen LogP contribution >= 0.6 is 0 Å². The maximum absolute atomic E-state index is 14.1. The molecule has 1 aliphatic carbocycles. The third-order valence-electron chi connectivity index (χ3n) is 5.08. The molecule has 4 rings (SSSR count). The van der Waals surface area contributed by atoms with Crippen molar-refractivity contribution in [1.82, 2.24) is 24.9 Å². The van der Waals surface area contributed by atoms with Crippen LogP contribution in [0.25, 0.3) is 10.9 Å². The van der Waals surface area contributed by atoms with Gasteiger partial charge in [0.2, 0.25) is 5.91 Å². The van der Waals surface area contributed by atoms with Gasteiger partial charge in [-0.15, -0.1) is 0 Å². The Morgan fingerprint density at radius 3 is 2.79 bits per heavy atom. The van der Waals surface area contributed by atoms with Gasteiger partial charge in [-0.05, 0) is 45.2 Å². The number of benzene rings is 1. The minimum Gasteiger partial charge on any atom is -0.348 e. The lowest BCUT2D eigenvalue weighted by Crippen LogP contribution is -2.35. The molecule has 0 unspecified atom stereocenters. The Bertz CT molecular complexity index is 1130. The van der Waals surface area contributed by atoms with Crippen LogP contribution in [0.15, 0.2) is 29.2 Å². The molecule has 2 aromatic heterocycles. The van der Waals surface area contributed by atoms with Crippen LogP contribution < -0.4 is 10.9 Å². The van der Waals surface area contributed by atoms with Gasteiger partial charge >= 0.3 is 0 Å². The summed E-state index contributed by atoms with van der Waals surface area (Å²) in [6.07, 6.45) is 3.69. The van der Waals surface area contributed by atoms with Gasteiger partial charge in [0.25, 0.3) is 5.56 Å². The molecule has 7 nitrogen and oxygen atoms in total. The van der Waals surface area contributed by atoms with Crippen LogP contribution in [0.1, 0.15) is 48.7 Å². The van der Waals surface area contributed by atoms with Crippen LogP contribution in [0.3, 0.4) is 0 Å². The van der Waals surface area contributed by atoms with E-state index in [0.29, 0.717) is 28.2 Å². The van der Waals surface area contributed by atoms with E-state index in [1.54, 1.807) is 39.1 Å². The van der Waals surface area contributed by atoms with Crippen molar-refractivity contribution in [2.24, 2.45) is 0 Å². The van der Waals surface area contributed by atoms with Crippen molar-refractivity contribution >= 4 is 16.8 Å². The van der Waals surface area contributed by atoms with Crippen molar-refractivity contribution in [3.8, 4) is 0 Å². The van der Waals surface area contributed by atoms with Crippen molar-refractivity contribution < 1.29 is 9.18 Å². The summed E-state index contributed by atoms with van der Waals surface area (Å²) in [5.41, 5.74) is 2.21. The van der Waals surface area contributed by atoms with Gasteiger partial charge < -0.3 is 5.32 Å². The second-order valence-corrected chi connectivity index (χ2v) is 7.44. The first-order valence-corrected chi connectivity index (χ1v) is 9.35. The SMILES string of the molecule is Cc1ccc([C@H](C)NC(=O)Cn2ncc3c(c(C)nn3C3CC3)c2=O)c(F)c1. The normalized spacial score (nSPS) is 15.0. The fraction of sp³-hybridized carbons (Fsp3) is 0.400. The van der Waals surface area contributed by atoms with E-state index in [2.05, 4.69) is 15.5 Å². The Hall–Kier alpha value is -3.03. The van der Waals surface area contributed by atoms with Gasteiger partial charge in [-0.25, -0.2) is 9.07 Å². The largest absolute Gasteiger partial charge is 0.348 e.